The summed E-state index contributed by atoms with van der Waals surface area (Å²) in [7, 11) is 3.14. The number of methoxy groups -OCH3 is 2. The van der Waals surface area contributed by atoms with Gasteiger partial charge in [-0.2, -0.15) is 0 Å². The molecular weight excluding hydrogens is 358 g/mol. The number of thioether (sulfide) groups is 1. The van der Waals surface area contributed by atoms with Crippen molar-refractivity contribution >= 4 is 17.7 Å². The normalized spacial score (nSPS) is 10.5. The van der Waals surface area contributed by atoms with Gasteiger partial charge in [-0.05, 0) is 29.8 Å². The molecule has 1 amide bonds. The van der Waals surface area contributed by atoms with Crippen molar-refractivity contribution < 1.29 is 23.1 Å². The van der Waals surface area contributed by atoms with Crippen LogP contribution in [0.25, 0.3) is 11.7 Å². The molecule has 2 aromatic heterocycles. The van der Waals surface area contributed by atoms with Crippen LogP contribution in [0.3, 0.4) is 0 Å². The summed E-state index contributed by atoms with van der Waals surface area (Å²) in [5.74, 6) is 2.03. The van der Waals surface area contributed by atoms with Crippen LogP contribution in [0, 0.1) is 0 Å². The highest BCUT2D eigenvalue weighted by atomic mass is 32.2. The van der Waals surface area contributed by atoms with Crippen molar-refractivity contribution in [1.29, 1.82) is 0 Å². The molecule has 0 saturated heterocycles. The van der Waals surface area contributed by atoms with Crippen LogP contribution in [0.15, 0.2) is 50.7 Å². The van der Waals surface area contributed by atoms with Crippen LogP contribution in [0.5, 0.6) is 11.5 Å². The van der Waals surface area contributed by atoms with Gasteiger partial charge in [-0.3, -0.25) is 4.79 Å². The Morgan fingerprint density at radius 2 is 2.04 bits per heavy atom. The second-order valence-electron chi connectivity index (χ2n) is 5.11. The predicted molar refractivity (Wildman–Crippen MR) is 94.1 cm³/mol. The molecule has 1 N–H and O–H groups in total. The van der Waals surface area contributed by atoms with Crippen LogP contribution in [-0.4, -0.2) is 36.1 Å². The van der Waals surface area contributed by atoms with Gasteiger partial charge in [0.15, 0.2) is 17.3 Å². The molecule has 3 aromatic rings. The fourth-order valence-corrected chi connectivity index (χ4v) is 2.73. The number of benzene rings is 1. The lowest BCUT2D eigenvalue weighted by molar-refractivity contribution is -0.118. The van der Waals surface area contributed by atoms with Crippen molar-refractivity contribution in [2.24, 2.45) is 0 Å². The molecule has 0 aliphatic heterocycles. The van der Waals surface area contributed by atoms with E-state index in [-0.39, 0.29) is 17.6 Å². The summed E-state index contributed by atoms with van der Waals surface area (Å²) in [6.07, 6.45) is 1.52. The van der Waals surface area contributed by atoms with Crippen molar-refractivity contribution in [2.75, 3.05) is 20.0 Å². The van der Waals surface area contributed by atoms with Crippen LogP contribution in [0.2, 0.25) is 0 Å². The van der Waals surface area contributed by atoms with Crippen LogP contribution < -0.4 is 14.8 Å². The molecule has 0 fully saturated rings. The zero-order chi connectivity index (χ0) is 18.4. The summed E-state index contributed by atoms with van der Waals surface area (Å²) < 4.78 is 21.0. The van der Waals surface area contributed by atoms with Gasteiger partial charge in [0.05, 0.1) is 26.2 Å². The Kier molecular flexibility index (Phi) is 5.80. The fraction of sp³-hybridized carbons (Fsp3) is 0.235. The third-order valence-corrected chi connectivity index (χ3v) is 4.22. The average molecular weight is 375 g/mol. The summed E-state index contributed by atoms with van der Waals surface area (Å²) in [6, 6.07) is 8.93. The van der Waals surface area contributed by atoms with E-state index in [1.165, 1.54) is 6.26 Å². The Morgan fingerprint density at radius 3 is 2.77 bits per heavy atom. The lowest BCUT2D eigenvalue weighted by Crippen LogP contribution is -2.24. The van der Waals surface area contributed by atoms with Crippen LogP contribution in [0.4, 0.5) is 0 Å². The third-order valence-electron chi connectivity index (χ3n) is 3.40. The molecule has 26 heavy (non-hydrogen) atoms. The van der Waals surface area contributed by atoms with E-state index < -0.39 is 0 Å². The number of carbonyl (C=O) groups excluding carboxylic acids is 1. The van der Waals surface area contributed by atoms with Gasteiger partial charge in [0.1, 0.15) is 0 Å². The highest BCUT2D eigenvalue weighted by molar-refractivity contribution is 7.99. The minimum Gasteiger partial charge on any atom is -0.493 e. The molecule has 0 bridgehead atoms. The number of carbonyl (C=O) groups is 1. The van der Waals surface area contributed by atoms with Crippen molar-refractivity contribution in [3.05, 3.63) is 42.2 Å². The summed E-state index contributed by atoms with van der Waals surface area (Å²) in [4.78, 5) is 12.0. The minimum atomic E-state index is -0.150. The van der Waals surface area contributed by atoms with Gasteiger partial charge < -0.3 is 23.6 Å². The lowest BCUT2D eigenvalue weighted by Gasteiger charge is -2.10. The first-order chi connectivity index (χ1) is 12.7. The second-order valence-corrected chi connectivity index (χ2v) is 6.03. The number of nitrogens with one attached hydrogen (secondary N) is 1. The van der Waals surface area contributed by atoms with Gasteiger partial charge in [0.2, 0.25) is 5.91 Å². The maximum Gasteiger partial charge on any atom is 0.284 e. The van der Waals surface area contributed by atoms with Crippen LogP contribution in [-0.2, 0) is 11.3 Å². The van der Waals surface area contributed by atoms with Crippen molar-refractivity contribution in [2.45, 2.75) is 11.8 Å². The number of ether oxygens (including phenoxy) is 2. The van der Waals surface area contributed by atoms with E-state index in [1.807, 2.05) is 12.1 Å². The van der Waals surface area contributed by atoms with Crippen molar-refractivity contribution in [3.63, 3.8) is 0 Å². The molecule has 136 valence electrons. The van der Waals surface area contributed by atoms with Gasteiger partial charge in [0.25, 0.3) is 11.1 Å². The minimum absolute atomic E-state index is 0.150. The van der Waals surface area contributed by atoms with E-state index in [2.05, 4.69) is 15.5 Å². The van der Waals surface area contributed by atoms with Crippen LogP contribution >= 0.6 is 11.8 Å². The Hall–Kier alpha value is -2.94. The van der Waals surface area contributed by atoms with Crippen molar-refractivity contribution in [1.82, 2.24) is 15.5 Å². The quantitative estimate of drug-likeness (QED) is 0.600. The number of hydrogen-bond donors (Lipinski definition) is 1. The van der Waals surface area contributed by atoms with E-state index in [4.69, 9.17) is 18.3 Å². The molecule has 3 rings (SSSR count). The van der Waals surface area contributed by atoms with E-state index in [0.29, 0.717) is 29.0 Å². The largest absolute Gasteiger partial charge is 0.493 e. The van der Waals surface area contributed by atoms with E-state index in [0.717, 1.165) is 17.3 Å². The Morgan fingerprint density at radius 1 is 1.19 bits per heavy atom. The fourth-order valence-electron chi connectivity index (χ4n) is 2.14. The maximum absolute atomic E-state index is 12.0. The smallest absolute Gasteiger partial charge is 0.284 e. The number of rotatable bonds is 8. The number of aromatic nitrogens is 2. The lowest BCUT2D eigenvalue weighted by atomic mass is 10.2. The molecule has 0 saturated carbocycles. The molecular formula is C17H17N3O5S. The molecule has 8 nitrogen and oxygen atoms in total. The highest BCUT2D eigenvalue weighted by Gasteiger charge is 2.13. The summed E-state index contributed by atoms with van der Waals surface area (Å²) in [6.45, 7) is 0.376. The summed E-state index contributed by atoms with van der Waals surface area (Å²) in [5, 5.41) is 10.9. The molecule has 0 radical (unpaired) electrons. The average Bonchev–Trinajstić information content (AvgIpc) is 3.35. The zero-order valence-corrected chi connectivity index (χ0v) is 15.0. The maximum atomic E-state index is 12.0. The van der Waals surface area contributed by atoms with Gasteiger partial charge in [-0.15, -0.1) is 10.2 Å². The standard InChI is InChI=1S/C17H17N3O5S/c1-22-12-6-5-11(8-14(12)23-2)9-18-15(21)10-26-17-20-19-16(25-17)13-4-3-7-24-13/h3-8H,9-10H2,1-2H3,(H,18,21). The SMILES string of the molecule is COc1ccc(CNC(=O)CSc2nnc(-c3ccco3)o2)cc1OC. The molecule has 1 aromatic carbocycles. The Labute approximate surface area is 153 Å². The third kappa shape index (κ3) is 4.37. The molecule has 0 unspecified atom stereocenters. The molecule has 0 spiro atoms. The monoisotopic (exact) mass is 375 g/mol. The summed E-state index contributed by atoms with van der Waals surface area (Å²) >= 11 is 1.16. The topological polar surface area (TPSA) is 99.6 Å². The summed E-state index contributed by atoms with van der Waals surface area (Å²) in [5.41, 5.74) is 0.902. The molecule has 2 heterocycles. The first-order valence-electron chi connectivity index (χ1n) is 7.67. The predicted octanol–water partition coefficient (Wildman–Crippen LogP) is 2.76. The Balaban J connectivity index is 1.49. The van der Waals surface area contributed by atoms with Gasteiger partial charge in [-0.1, -0.05) is 17.8 Å². The number of furan rings is 1. The van der Waals surface area contributed by atoms with E-state index in [9.17, 15) is 4.79 Å². The van der Waals surface area contributed by atoms with E-state index in [1.54, 1.807) is 32.4 Å². The number of nitrogens with zero attached hydrogens (tertiary/aromatic N) is 2. The highest BCUT2D eigenvalue weighted by Crippen LogP contribution is 2.27. The molecule has 0 atom stereocenters. The second kappa shape index (κ2) is 8.43. The molecule has 9 heteroatoms. The van der Waals surface area contributed by atoms with Crippen LogP contribution in [0.1, 0.15) is 5.56 Å². The zero-order valence-electron chi connectivity index (χ0n) is 14.2. The van der Waals surface area contributed by atoms with Crippen molar-refractivity contribution in [3.8, 4) is 23.1 Å². The first-order valence-corrected chi connectivity index (χ1v) is 8.66. The van der Waals surface area contributed by atoms with E-state index >= 15 is 0 Å². The Bertz CT molecular complexity index is 863. The number of hydrogen-bond acceptors (Lipinski definition) is 8. The molecule has 0 aliphatic carbocycles. The van der Waals surface area contributed by atoms with Gasteiger partial charge in [-0.25, -0.2) is 0 Å². The molecule has 0 aliphatic rings. The first kappa shape index (κ1) is 17.9. The number of amides is 1. The van der Waals surface area contributed by atoms with Gasteiger partial charge >= 0.3 is 0 Å². The van der Waals surface area contributed by atoms with Gasteiger partial charge in [0, 0.05) is 6.54 Å².